The number of nitrogens with zero attached hydrogens (tertiary/aromatic N) is 5. The first-order valence-corrected chi connectivity index (χ1v) is 13.9. The molecule has 3 N–H and O–H groups in total. The number of aryl methyl sites for hydroxylation is 1. The monoisotopic (exact) mass is 540 g/mol. The molecule has 0 saturated carbocycles. The van der Waals surface area contributed by atoms with E-state index in [1.807, 2.05) is 6.92 Å². The van der Waals surface area contributed by atoms with Crippen molar-refractivity contribution in [2.24, 2.45) is 0 Å². The Labute approximate surface area is 218 Å². The lowest BCUT2D eigenvalue weighted by Gasteiger charge is -2.47. The van der Waals surface area contributed by atoms with Crippen molar-refractivity contribution in [1.82, 2.24) is 29.5 Å². The zero-order chi connectivity index (χ0) is 26.4. The van der Waals surface area contributed by atoms with Crippen LogP contribution in [-0.2, 0) is 10.0 Å². The summed E-state index contributed by atoms with van der Waals surface area (Å²) in [5.41, 5.74) is 0.978. The van der Waals surface area contributed by atoms with E-state index in [1.54, 1.807) is 18.2 Å². The summed E-state index contributed by atoms with van der Waals surface area (Å²) in [6, 6.07) is 5.59. The van der Waals surface area contributed by atoms with E-state index in [4.69, 9.17) is 0 Å². The number of rotatable bonds is 6. The van der Waals surface area contributed by atoms with Gasteiger partial charge in [0.2, 0.25) is 10.0 Å². The van der Waals surface area contributed by atoms with Gasteiger partial charge in [-0.05, 0) is 50.8 Å². The van der Waals surface area contributed by atoms with Crippen LogP contribution in [0.5, 0.6) is 0 Å². The molecule has 4 aromatic rings. The maximum atomic E-state index is 15.3. The molecule has 13 heteroatoms. The Hall–Kier alpha value is -3.71. The van der Waals surface area contributed by atoms with E-state index < -0.39 is 21.7 Å². The van der Waals surface area contributed by atoms with Gasteiger partial charge in [0.15, 0.2) is 17.5 Å². The molecule has 6 rings (SSSR count). The standard InChI is InChI=1S/C25H26F2N8O2S/c1-14-8-21(34-33-14)31-25-22(27)23-20(6-3-7-29-23)24(32-25)30-16-10-17-4-2-5-18(11-16)35(17)38(36,37)19-9-15(26)12-28-13-19/h3,6-9,12-13,16-18H,2,4-5,10-11H2,1H3,(H3,30,31,32,33,34)/t16?,17-,18+. The Morgan fingerprint density at radius 1 is 1.11 bits per heavy atom. The van der Waals surface area contributed by atoms with Crippen molar-refractivity contribution < 1.29 is 17.2 Å². The van der Waals surface area contributed by atoms with Crippen LogP contribution < -0.4 is 10.6 Å². The molecule has 0 amide bonds. The van der Waals surface area contributed by atoms with Crippen molar-refractivity contribution in [2.75, 3.05) is 10.6 Å². The Morgan fingerprint density at radius 3 is 2.61 bits per heavy atom. The molecule has 6 heterocycles. The molecule has 2 saturated heterocycles. The largest absolute Gasteiger partial charge is 0.367 e. The molecular formula is C25H26F2N8O2S. The van der Waals surface area contributed by atoms with Gasteiger partial charge in [0.05, 0.1) is 6.20 Å². The summed E-state index contributed by atoms with van der Waals surface area (Å²) in [7, 11) is -3.91. The third-order valence-corrected chi connectivity index (χ3v) is 9.13. The van der Waals surface area contributed by atoms with Crippen LogP contribution in [0.4, 0.5) is 26.2 Å². The fourth-order valence-electron chi connectivity index (χ4n) is 5.60. The van der Waals surface area contributed by atoms with Crippen LogP contribution >= 0.6 is 0 Å². The Balaban J connectivity index is 1.30. The molecular weight excluding hydrogens is 514 g/mol. The number of fused-ring (bicyclic) bond motifs is 3. The highest BCUT2D eigenvalue weighted by Crippen LogP contribution is 2.40. The highest BCUT2D eigenvalue weighted by molar-refractivity contribution is 7.89. The molecule has 2 bridgehead atoms. The van der Waals surface area contributed by atoms with Gasteiger partial charge in [0, 0.05) is 47.7 Å². The molecule has 38 heavy (non-hydrogen) atoms. The predicted molar refractivity (Wildman–Crippen MR) is 137 cm³/mol. The van der Waals surface area contributed by atoms with E-state index in [0.29, 0.717) is 42.7 Å². The zero-order valence-electron chi connectivity index (χ0n) is 20.5. The molecule has 0 spiro atoms. The van der Waals surface area contributed by atoms with Gasteiger partial charge in [0.25, 0.3) is 0 Å². The van der Waals surface area contributed by atoms with Crippen molar-refractivity contribution >= 4 is 38.4 Å². The molecule has 1 unspecified atom stereocenters. The highest BCUT2D eigenvalue weighted by atomic mass is 32.2. The summed E-state index contributed by atoms with van der Waals surface area (Å²) in [5, 5.41) is 13.8. The van der Waals surface area contributed by atoms with Crippen molar-refractivity contribution in [1.29, 1.82) is 0 Å². The van der Waals surface area contributed by atoms with Crippen molar-refractivity contribution in [2.45, 2.75) is 62.0 Å². The molecule has 2 fully saturated rings. The number of halogens is 2. The number of pyridine rings is 3. The van der Waals surface area contributed by atoms with Gasteiger partial charge in [-0.1, -0.05) is 6.42 Å². The minimum Gasteiger partial charge on any atom is -0.367 e. The summed E-state index contributed by atoms with van der Waals surface area (Å²) in [4.78, 5) is 12.4. The number of sulfonamides is 1. The van der Waals surface area contributed by atoms with Gasteiger partial charge in [-0.3, -0.25) is 15.1 Å². The van der Waals surface area contributed by atoms with E-state index in [1.165, 1.54) is 16.7 Å². The summed E-state index contributed by atoms with van der Waals surface area (Å²) in [6.07, 6.45) is 7.06. The third kappa shape index (κ3) is 4.45. The van der Waals surface area contributed by atoms with Gasteiger partial charge < -0.3 is 10.6 Å². The first kappa shape index (κ1) is 24.6. The minimum absolute atomic E-state index is 0.0102. The van der Waals surface area contributed by atoms with Gasteiger partial charge in [-0.15, -0.1) is 0 Å². The first-order chi connectivity index (χ1) is 18.3. The van der Waals surface area contributed by atoms with Crippen molar-refractivity contribution in [3.63, 3.8) is 0 Å². The molecule has 0 radical (unpaired) electrons. The Bertz CT molecular complexity index is 1600. The molecule has 10 nitrogen and oxygen atoms in total. The number of hydrogen-bond acceptors (Lipinski definition) is 8. The van der Waals surface area contributed by atoms with Crippen molar-refractivity contribution in [3.8, 4) is 0 Å². The van der Waals surface area contributed by atoms with Crippen molar-refractivity contribution in [3.05, 3.63) is 60.2 Å². The quantitative estimate of drug-likeness (QED) is 0.331. The second-order valence-corrected chi connectivity index (χ2v) is 11.7. The average molecular weight is 541 g/mol. The number of nitrogens with one attached hydrogen (secondary N) is 3. The van der Waals surface area contributed by atoms with Crippen LogP contribution in [0, 0.1) is 18.6 Å². The average Bonchev–Trinajstić information content (AvgIpc) is 3.30. The number of piperidine rings is 2. The number of aromatic amines is 1. The number of anilines is 3. The zero-order valence-corrected chi connectivity index (χ0v) is 21.3. The van der Waals surface area contributed by atoms with Crippen LogP contribution in [0.3, 0.4) is 0 Å². The molecule has 198 valence electrons. The summed E-state index contributed by atoms with van der Waals surface area (Å²) >= 11 is 0. The van der Waals surface area contributed by atoms with Crippen LogP contribution in [-0.4, -0.2) is 56.0 Å². The first-order valence-electron chi connectivity index (χ1n) is 12.4. The smallest absolute Gasteiger partial charge is 0.245 e. The van der Waals surface area contributed by atoms with E-state index in [9.17, 15) is 12.8 Å². The summed E-state index contributed by atoms with van der Waals surface area (Å²) in [5.74, 6) is -0.407. The molecule has 0 aromatic carbocycles. The second-order valence-electron chi connectivity index (χ2n) is 9.81. The van der Waals surface area contributed by atoms with Gasteiger partial charge in [0.1, 0.15) is 22.0 Å². The summed E-state index contributed by atoms with van der Waals surface area (Å²) in [6.45, 7) is 1.84. The lowest BCUT2D eigenvalue weighted by Crippen LogP contribution is -2.56. The number of hydrogen-bond donors (Lipinski definition) is 3. The summed E-state index contributed by atoms with van der Waals surface area (Å²) < 4.78 is 57.6. The molecule has 2 aliphatic rings. The van der Waals surface area contributed by atoms with Crippen LogP contribution in [0.1, 0.15) is 37.8 Å². The number of aromatic nitrogens is 5. The van der Waals surface area contributed by atoms with Crippen LogP contribution in [0.15, 0.2) is 47.8 Å². The highest BCUT2D eigenvalue weighted by Gasteiger charge is 2.45. The normalized spacial score (nSPS) is 21.9. The number of H-pyrrole nitrogens is 1. The van der Waals surface area contributed by atoms with E-state index >= 15 is 4.39 Å². The van der Waals surface area contributed by atoms with Gasteiger partial charge in [-0.2, -0.15) is 9.40 Å². The van der Waals surface area contributed by atoms with Gasteiger partial charge in [-0.25, -0.2) is 22.2 Å². The maximum Gasteiger partial charge on any atom is 0.245 e. The maximum absolute atomic E-state index is 15.3. The fourth-order valence-corrected chi connectivity index (χ4v) is 7.46. The predicted octanol–water partition coefficient (Wildman–Crippen LogP) is 4.26. The Morgan fingerprint density at radius 2 is 1.89 bits per heavy atom. The topological polar surface area (TPSA) is 129 Å². The Kier molecular flexibility index (Phi) is 6.19. The lowest BCUT2D eigenvalue weighted by atomic mass is 9.84. The molecule has 4 aromatic heterocycles. The second kappa shape index (κ2) is 9.55. The molecule has 2 aliphatic heterocycles. The fraction of sp³-hybridized carbons (Fsp3) is 0.360. The van der Waals surface area contributed by atoms with Crippen LogP contribution in [0.25, 0.3) is 10.9 Å². The SMILES string of the molecule is Cc1cc(Nc2nc(NC3C[C@H]4CCC[C@@H](C3)N4S(=O)(=O)c3cncc(F)c3)c3cccnc3c2F)n[nH]1. The molecule has 3 atom stereocenters. The minimum atomic E-state index is -3.91. The van der Waals surface area contributed by atoms with Crippen LogP contribution in [0.2, 0.25) is 0 Å². The van der Waals surface area contributed by atoms with E-state index in [-0.39, 0.29) is 34.4 Å². The lowest BCUT2D eigenvalue weighted by molar-refractivity contribution is 0.116. The molecule has 0 aliphatic carbocycles. The third-order valence-electron chi connectivity index (χ3n) is 7.16. The van der Waals surface area contributed by atoms with Gasteiger partial charge >= 0.3 is 0 Å². The van der Waals surface area contributed by atoms with E-state index in [0.717, 1.165) is 24.4 Å². The van der Waals surface area contributed by atoms with E-state index in [2.05, 4.69) is 35.8 Å².